The van der Waals surface area contributed by atoms with Crippen molar-refractivity contribution < 1.29 is 9.47 Å². The van der Waals surface area contributed by atoms with E-state index < -0.39 is 0 Å². The molecule has 0 bridgehead atoms. The molecule has 182 valence electrons. The van der Waals surface area contributed by atoms with E-state index in [9.17, 15) is 0 Å². The number of halogens is 2. The summed E-state index contributed by atoms with van der Waals surface area (Å²) in [6, 6.07) is 0. The molecule has 0 radical (unpaired) electrons. The van der Waals surface area contributed by atoms with Gasteiger partial charge in [0.2, 0.25) is 0 Å². The van der Waals surface area contributed by atoms with Gasteiger partial charge in [-0.1, -0.05) is 75.7 Å². The lowest BCUT2D eigenvalue weighted by Gasteiger charge is -2.41. The van der Waals surface area contributed by atoms with Gasteiger partial charge in [-0.05, 0) is 62.8 Å². The maximum Gasteiger partial charge on any atom is 0.109 e. The Morgan fingerprint density at radius 3 is 1.28 bits per heavy atom. The van der Waals surface area contributed by atoms with Crippen LogP contribution >= 0.6 is 23.2 Å². The van der Waals surface area contributed by atoms with Crippen LogP contribution in [0.3, 0.4) is 0 Å². The molecule has 4 heteroatoms. The van der Waals surface area contributed by atoms with Gasteiger partial charge in [-0.3, -0.25) is 0 Å². The normalized spacial score (nSPS) is 24.4. The van der Waals surface area contributed by atoms with Crippen LogP contribution in [0.5, 0.6) is 0 Å². The zero-order valence-corrected chi connectivity index (χ0v) is 21.9. The molecule has 0 amide bonds. The van der Waals surface area contributed by atoms with Gasteiger partial charge >= 0.3 is 0 Å². The fourth-order valence-corrected chi connectivity index (χ4v) is 4.89. The summed E-state index contributed by atoms with van der Waals surface area (Å²) >= 11 is 11.5. The van der Waals surface area contributed by atoms with Crippen LogP contribution in [-0.4, -0.2) is 36.2 Å². The molecule has 2 atom stereocenters. The number of alkyl halides is 2. The molecule has 2 aliphatic carbocycles. The number of ether oxygens (including phenoxy) is 2. The van der Waals surface area contributed by atoms with Crippen molar-refractivity contribution in [2.75, 3.05) is 25.0 Å². The molecule has 0 saturated heterocycles. The van der Waals surface area contributed by atoms with Crippen molar-refractivity contribution in [3.63, 3.8) is 0 Å². The van der Waals surface area contributed by atoms with E-state index in [2.05, 4.69) is 50.3 Å². The monoisotopic (exact) mass is 482 g/mol. The van der Waals surface area contributed by atoms with Gasteiger partial charge in [-0.15, -0.1) is 23.2 Å². The van der Waals surface area contributed by atoms with E-state index in [-0.39, 0.29) is 11.2 Å². The van der Waals surface area contributed by atoms with Crippen LogP contribution in [0.2, 0.25) is 0 Å². The molecule has 2 nitrogen and oxygen atoms in total. The van der Waals surface area contributed by atoms with Crippen molar-refractivity contribution in [2.24, 2.45) is 0 Å². The Labute approximate surface area is 207 Å². The smallest absolute Gasteiger partial charge is 0.109 e. The van der Waals surface area contributed by atoms with E-state index >= 15 is 0 Å². The SMILES string of the molecule is CC1(OCCCCCCCCCl)C=CC=C2C1=CC=CC2(C)OCCCCCCCCCl. The van der Waals surface area contributed by atoms with Gasteiger partial charge in [0.25, 0.3) is 0 Å². The predicted octanol–water partition coefficient (Wildman–Crippen LogP) is 8.69. The van der Waals surface area contributed by atoms with Crippen LogP contribution in [0.4, 0.5) is 0 Å². The summed E-state index contributed by atoms with van der Waals surface area (Å²) in [6.45, 7) is 5.93. The Balaban J connectivity index is 1.77. The molecule has 2 aliphatic rings. The molecule has 0 aromatic rings. The van der Waals surface area contributed by atoms with E-state index in [0.717, 1.165) is 50.7 Å². The van der Waals surface area contributed by atoms with E-state index in [1.165, 1.54) is 62.5 Å². The number of unbranched alkanes of at least 4 members (excludes halogenated alkanes) is 10. The first kappa shape index (κ1) is 27.7. The highest BCUT2D eigenvalue weighted by Crippen LogP contribution is 2.42. The minimum atomic E-state index is -0.388. The minimum absolute atomic E-state index is 0.388. The molecule has 2 rings (SSSR count). The lowest BCUT2D eigenvalue weighted by atomic mass is 9.75. The quantitative estimate of drug-likeness (QED) is 0.143. The molecule has 0 aliphatic heterocycles. The third-order valence-corrected chi connectivity index (χ3v) is 7.11. The molecule has 0 aromatic heterocycles. The van der Waals surface area contributed by atoms with Crippen molar-refractivity contribution in [1.82, 2.24) is 0 Å². The van der Waals surface area contributed by atoms with Crippen molar-refractivity contribution >= 4 is 23.2 Å². The lowest BCUT2D eigenvalue weighted by molar-refractivity contribution is 0.00941. The minimum Gasteiger partial charge on any atom is -0.366 e. The first-order chi connectivity index (χ1) is 15.6. The highest BCUT2D eigenvalue weighted by atomic mass is 35.5. The fourth-order valence-electron chi connectivity index (χ4n) is 4.51. The van der Waals surface area contributed by atoms with Gasteiger partial charge in [-0.2, -0.15) is 0 Å². The topological polar surface area (TPSA) is 18.5 Å². The van der Waals surface area contributed by atoms with Gasteiger partial charge in [0, 0.05) is 25.0 Å². The van der Waals surface area contributed by atoms with E-state index in [1.807, 2.05) is 0 Å². The van der Waals surface area contributed by atoms with Gasteiger partial charge in [0.05, 0.1) is 0 Å². The number of hydrogen-bond acceptors (Lipinski definition) is 2. The second-order valence-corrected chi connectivity index (χ2v) is 10.2. The zero-order chi connectivity index (χ0) is 23.1. The molecule has 0 fully saturated rings. The largest absolute Gasteiger partial charge is 0.366 e. The van der Waals surface area contributed by atoms with Crippen molar-refractivity contribution in [3.8, 4) is 0 Å². The lowest BCUT2D eigenvalue weighted by Crippen LogP contribution is -2.41. The fraction of sp³-hybridized carbons (Fsp3) is 0.714. The van der Waals surface area contributed by atoms with Crippen LogP contribution in [0.1, 0.15) is 90.9 Å². The van der Waals surface area contributed by atoms with E-state index in [4.69, 9.17) is 32.7 Å². The summed E-state index contributed by atoms with van der Waals surface area (Å²) in [6.07, 6.45) is 27.5. The molecule has 0 aromatic carbocycles. The molecular weight excluding hydrogens is 439 g/mol. The van der Waals surface area contributed by atoms with Gasteiger partial charge in [0.15, 0.2) is 0 Å². The maximum absolute atomic E-state index is 6.43. The maximum atomic E-state index is 6.43. The van der Waals surface area contributed by atoms with Crippen LogP contribution in [0.15, 0.2) is 47.6 Å². The standard InChI is InChI=1S/C28H44Cl2O2/c1-27(31-23-13-9-5-3-7-11-21-29)19-15-18-26-25(27)17-16-20-28(26,2)32-24-14-10-6-4-8-12-22-30/h15-20H,3-14,21-24H2,1-2H3. The highest BCUT2D eigenvalue weighted by molar-refractivity contribution is 6.18. The number of allylic oxidation sites excluding steroid dienone is 4. The molecule has 0 heterocycles. The van der Waals surface area contributed by atoms with E-state index in [0.29, 0.717) is 0 Å². The van der Waals surface area contributed by atoms with Crippen molar-refractivity contribution in [1.29, 1.82) is 0 Å². The number of hydrogen-bond donors (Lipinski definition) is 0. The zero-order valence-electron chi connectivity index (χ0n) is 20.4. The second-order valence-electron chi connectivity index (χ2n) is 9.41. The van der Waals surface area contributed by atoms with Crippen LogP contribution in [-0.2, 0) is 9.47 Å². The molecule has 0 saturated carbocycles. The number of fused-ring (bicyclic) bond motifs is 1. The Bertz CT molecular complexity index is 596. The third-order valence-electron chi connectivity index (χ3n) is 6.57. The summed E-state index contributed by atoms with van der Waals surface area (Å²) in [5.74, 6) is 1.57. The number of rotatable bonds is 18. The summed E-state index contributed by atoms with van der Waals surface area (Å²) in [7, 11) is 0. The summed E-state index contributed by atoms with van der Waals surface area (Å²) < 4.78 is 12.9. The Morgan fingerprint density at radius 1 is 0.562 bits per heavy atom. The summed E-state index contributed by atoms with van der Waals surface area (Å²) in [5.41, 5.74) is 1.68. The average molecular weight is 484 g/mol. The van der Waals surface area contributed by atoms with Gasteiger partial charge in [0.1, 0.15) is 11.2 Å². The Kier molecular flexibility index (Phi) is 13.3. The molecule has 0 spiro atoms. The Morgan fingerprint density at radius 2 is 0.906 bits per heavy atom. The van der Waals surface area contributed by atoms with Gasteiger partial charge < -0.3 is 9.47 Å². The molecule has 32 heavy (non-hydrogen) atoms. The molecular formula is C28H44Cl2O2. The summed E-state index contributed by atoms with van der Waals surface area (Å²) in [5, 5.41) is 0. The average Bonchev–Trinajstić information content (AvgIpc) is 2.78. The van der Waals surface area contributed by atoms with Crippen molar-refractivity contribution in [3.05, 3.63) is 47.6 Å². The predicted molar refractivity (Wildman–Crippen MR) is 140 cm³/mol. The van der Waals surface area contributed by atoms with E-state index in [1.54, 1.807) is 0 Å². The van der Waals surface area contributed by atoms with Crippen LogP contribution in [0, 0.1) is 0 Å². The Hall–Kier alpha value is -0.540. The second kappa shape index (κ2) is 15.4. The molecule has 2 unspecified atom stereocenters. The first-order valence-corrected chi connectivity index (χ1v) is 13.8. The highest BCUT2D eigenvalue weighted by Gasteiger charge is 2.40. The third kappa shape index (κ3) is 9.01. The van der Waals surface area contributed by atoms with Gasteiger partial charge in [-0.25, -0.2) is 0 Å². The molecule has 0 N–H and O–H groups in total. The summed E-state index contributed by atoms with van der Waals surface area (Å²) in [4.78, 5) is 0. The first-order valence-electron chi connectivity index (χ1n) is 12.8. The van der Waals surface area contributed by atoms with Crippen LogP contribution in [0.25, 0.3) is 0 Å². The van der Waals surface area contributed by atoms with Crippen LogP contribution < -0.4 is 0 Å². The van der Waals surface area contributed by atoms with Crippen molar-refractivity contribution in [2.45, 2.75) is 102 Å².